The van der Waals surface area contributed by atoms with Gasteiger partial charge in [-0.05, 0) is 49.5 Å². The fraction of sp³-hybridized carbons (Fsp3) is 0.391. The van der Waals surface area contributed by atoms with Crippen LogP contribution >= 0.6 is 0 Å². The van der Waals surface area contributed by atoms with Gasteiger partial charge in [0.1, 0.15) is 5.76 Å². The molecule has 6 nitrogen and oxygen atoms in total. The maximum Gasteiger partial charge on any atom is 0.287 e. The summed E-state index contributed by atoms with van der Waals surface area (Å²) in [5.74, 6) is 1.68. The van der Waals surface area contributed by atoms with Crippen molar-refractivity contribution >= 4 is 5.91 Å². The van der Waals surface area contributed by atoms with Gasteiger partial charge in [-0.1, -0.05) is 37.3 Å². The highest BCUT2D eigenvalue weighted by molar-refractivity contribution is 5.91. The highest BCUT2D eigenvalue weighted by atomic mass is 16.4. The number of likely N-dealkylation sites (tertiary alicyclic amines) is 1. The molecule has 6 heteroatoms. The van der Waals surface area contributed by atoms with E-state index in [0.29, 0.717) is 18.8 Å². The van der Waals surface area contributed by atoms with Gasteiger partial charge in [0.15, 0.2) is 5.76 Å². The predicted octanol–water partition coefficient (Wildman–Crippen LogP) is 3.73. The average Bonchev–Trinajstić information content (AvgIpc) is 3.43. The van der Waals surface area contributed by atoms with Gasteiger partial charge in [0.2, 0.25) is 0 Å². The molecule has 1 atom stereocenters. The second-order valence-corrected chi connectivity index (χ2v) is 7.86. The topological polar surface area (TPSA) is 63.3 Å². The molecular formula is C23H28N4O2. The summed E-state index contributed by atoms with van der Waals surface area (Å²) in [6.45, 7) is 5.56. The summed E-state index contributed by atoms with van der Waals surface area (Å²) in [6.07, 6.45) is 7.72. The minimum absolute atomic E-state index is 0.173. The molecule has 3 heterocycles. The van der Waals surface area contributed by atoms with Crippen molar-refractivity contribution in [3.63, 3.8) is 0 Å². The van der Waals surface area contributed by atoms with Crippen molar-refractivity contribution in [3.8, 4) is 0 Å². The van der Waals surface area contributed by atoms with E-state index in [1.54, 1.807) is 18.6 Å². The first-order valence-electron chi connectivity index (χ1n) is 10.3. The quantitative estimate of drug-likeness (QED) is 0.666. The lowest BCUT2D eigenvalue weighted by atomic mass is 9.95. The molecule has 1 saturated heterocycles. The molecule has 4 rings (SSSR count). The third-order valence-corrected chi connectivity index (χ3v) is 5.68. The Hall–Kier alpha value is -2.86. The Morgan fingerprint density at radius 3 is 2.72 bits per heavy atom. The van der Waals surface area contributed by atoms with Crippen molar-refractivity contribution in [3.05, 3.63) is 78.3 Å². The van der Waals surface area contributed by atoms with Crippen LogP contribution in [0.2, 0.25) is 0 Å². The minimum Gasteiger partial charge on any atom is -0.454 e. The second-order valence-electron chi connectivity index (χ2n) is 7.86. The molecule has 0 saturated carbocycles. The van der Waals surface area contributed by atoms with Crippen molar-refractivity contribution in [1.82, 2.24) is 19.8 Å². The zero-order valence-electron chi connectivity index (χ0n) is 16.8. The fourth-order valence-electron chi connectivity index (χ4n) is 3.89. The van der Waals surface area contributed by atoms with Crippen molar-refractivity contribution in [1.29, 1.82) is 0 Å². The number of carbonyl (C=O) groups excluding carboxylic acids is 1. The van der Waals surface area contributed by atoms with Gasteiger partial charge in [-0.3, -0.25) is 9.69 Å². The molecule has 1 aromatic carbocycles. The number of benzene rings is 1. The number of carbonyl (C=O) groups is 1. The smallest absolute Gasteiger partial charge is 0.287 e. The monoisotopic (exact) mass is 392 g/mol. The Morgan fingerprint density at radius 2 is 2.00 bits per heavy atom. The molecule has 1 fully saturated rings. The molecule has 1 aliphatic heterocycles. The van der Waals surface area contributed by atoms with Gasteiger partial charge in [-0.25, -0.2) is 4.98 Å². The number of hydrogen-bond donors (Lipinski definition) is 1. The zero-order chi connectivity index (χ0) is 20.1. The van der Waals surface area contributed by atoms with E-state index in [-0.39, 0.29) is 11.9 Å². The molecular weight excluding hydrogens is 364 g/mol. The molecule has 0 spiro atoms. The first-order chi connectivity index (χ1) is 14.2. The third-order valence-electron chi connectivity index (χ3n) is 5.68. The Balaban J connectivity index is 1.40. The maximum absolute atomic E-state index is 12.7. The maximum atomic E-state index is 12.7. The largest absolute Gasteiger partial charge is 0.454 e. The summed E-state index contributed by atoms with van der Waals surface area (Å²) in [7, 11) is 0. The van der Waals surface area contributed by atoms with E-state index < -0.39 is 0 Å². The van der Waals surface area contributed by atoms with E-state index in [2.05, 4.69) is 46.4 Å². The Labute approximate surface area is 171 Å². The lowest BCUT2D eigenvalue weighted by molar-refractivity contribution is 0.0884. The predicted molar refractivity (Wildman–Crippen MR) is 112 cm³/mol. The van der Waals surface area contributed by atoms with E-state index in [4.69, 9.17) is 4.42 Å². The Kier molecular flexibility index (Phi) is 6.10. The molecule has 152 valence electrons. The highest BCUT2D eigenvalue weighted by Crippen LogP contribution is 2.26. The molecule has 2 aromatic heterocycles. The van der Waals surface area contributed by atoms with Crippen LogP contribution in [0.1, 0.15) is 47.7 Å². The van der Waals surface area contributed by atoms with E-state index in [1.807, 2.05) is 22.9 Å². The van der Waals surface area contributed by atoms with Gasteiger partial charge < -0.3 is 14.3 Å². The Morgan fingerprint density at radius 1 is 1.21 bits per heavy atom. The molecule has 29 heavy (non-hydrogen) atoms. The minimum atomic E-state index is -0.173. The van der Waals surface area contributed by atoms with Crippen LogP contribution in [-0.2, 0) is 6.54 Å². The van der Waals surface area contributed by atoms with Crippen molar-refractivity contribution in [2.45, 2.75) is 32.4 Å². The van der Waals surface area contributed by atoms with Crippen molar-refractivity contribution < 1.29 is 9.21 Å². The molecule has 0 bridgehead atoms. The van der Waals surface area contributed by atoms with Crippen LogP contribution in [0, 0.1) is 5.92 Å². The van der Waals surface area contributed by atoms with E-state index >= 15 is 0 Å². The van der Waals surface area contributed by atoms with Gasteiger partial charge in [0.05, 0.1) is 18.9 Å². The van der Waals surface area contributed by atoms with Gasteiger partial charge in [-0.2, -0.15) is 0 Å². The summed E-state index contributed by atoms with van der Waals surface area (Å²) < 4.78 is 7.65. The van der Waals surface area contributed by atoms with E-state index in [1.165, 1.54) is 18.4 Å². The fourth-order valence-corrected chi connectivity index (χ4v) is 3.89. The standard InChI is InChI=1S/C23H28N4O2/c1-18-9-12-27(13-10-18)21(19-5-3-2-4-6-19)15-25-23(28)22-8-7-20(29-22)16-26-14-11-24-17-26/h2-8,11,14,17-18,21H,9-10,12-13,15-16H2,1H3,(H,25,28). The number of piperidine rings is 1. The molecule has 3 aromatic rings. The van der Waals surface area contributed by atoms with Gasteiger partial charge in [0, 0.05) is 18.9 Å². The van der Waals surface area contributed by atoms with Crippen LogP contribution in [0.4, 0.5) is 0 Å². The van der Waals surface area contributed by atoms with Crippen molar-refractivity contribution in [2.75, 3.05) is 19.6 Å². The lowest BCUT2D eigenvalue weighted by Crippen LogP contribution is -2.41. The average molecular weight is 393 g/mol. The highest BCUT2D eigenvalue weighted by Gasteiger charge is 2.25. The van der Waals surface area contributed by atoms with Gasteiger partial charge in [0.25, 0.3) is 5.91 Å². The summed E-state index contributed by atoms with van der Waals surface area (Å²) in [5.41, 5.74) is 1.24. The molecule has 1 unspecified atom stereocenters. The second kappa shape index (κ2) is 9.09. The lowest BCUT2D eigenvalue weighted by Gasteiger charge is -2.37. The van der Waals surface area contributed by atoms with Crippen molar-refractivity contribution in [2.24, 2.45) is 5.92 Å². The first kappa shape index (κ1) is 19.5. The third kappa shape index (κ3) is 4.95. The first-order valence-corrected chi connectivity index (χ1v) is 10.3. The number of imidazole rings is 1. The summed E-state index contributed by atoms with van der Waals surface area (Å²) >= 11 is 0. The zero-order valence-corrected chi connectivity index (χ0v) is 16.8. The number of amides is 1. The number of nitrogens with zero attached hydrogens (tertiary/aromatic N) is 3. The van der Waals surface area contributed by atoms with Gasteiger partial charge >= 0.3 is 0 Å². The van der Waals surface area contributed by atoms with Gasteiger partial charge in [-0.15, -0.1) is 0 Å². The number of nitrogens with one attached hydrogen (secondary N) is 1. The summed E-state index contributed by atoms with van der Waals surface area (Å²) in [6, 6.07) is 14.2. The molecule has 1 aliphatic rings. The number of furan rings is 1. The number of hydrogen-bond acceptors (Lipinski definition) is 4. The molecule has 1 amide bonds. The molecule has 1 N–H and O–H groups in total. The number of rotatable bonds is 7. The van der Waals surface area contributed by atoms with E-state index in [9.17, 15) is 4.79 Å². The Bertz CT molecular complexity index is 896. The van der Waals surface area contributed by atoms with Crippen LogP contribution in [0.25, 0.3) is 0 Å². The molecule has 0 radical (unpaired) electrons. The normalized spacial score (nSPS) is 16.6. The van der Waals surface area contributed by atoms with Crippen LogP contribution in [-0.4, -0.2) is 40.0 Å². The summed E-state index contributed by atoms with van der Waals surface area (Å²) in [4.78, 5) is 19.2. The molecule has 0 aliphatic carbocycles. The van der Waals surface area contributed by atoms with Crippen LogP contribution in [0.15, 0.2) is 65.6 Å². The van der Waals surface area contributed by atoms with Crippen LogP contribution < -0.4 is 5.32 Å². The summed E-state index contributed by atoms with van der Waals surface area (Å²) in [5, 5.41) is 3.08. The van der Waals surface area contributed by atoms with E-state index in [0.717, 1.165) is 24.8 Å². The number of aromatic nitrogens is 2. The van der Waals surface area contributed by atoms with Crippen LogP contribution in [0.3, 0.4) is 0 Å². The SMILES string of the molecule is CC1CCN(C(CNC(=O)c2ccc(Cn3ccnc3)o2)c2ccccc2)CC1. The van der Waals surface area contributed by atoms with Crippen LogP contribution in [0.5, 0.6) is 0 Å².